The Labute approximate surface area is 145 Å². The van der Waals surface area contributed by atoms with Crippen LogP contribution in [0.25, 0.3) is 0 Å². The van der Waals surface area contributed by atoms with Gasteiger partial charge in [-0.3, -0.25) is 14.9 Å². The van der Waals surface area contributed by atoms with Gasteiger partial charge >= 0.3 is 5.97 Å². The zero-order valence-corrected chi connectivity index (χ0v) is 14.8. The first-order valence-electron chi connectivity index (χ1n) is 8.31. The topological polar surface area (TPSA) is 68.2 Å². The van der Waals surface area contributed by atoms with E-state index in [-0.39, 0.29) is 12.0 Å². The summed E-state index contributed by atoms with van der Waals surface area (Å²) in [5, 5.41) is 2.85. The normalized spacial score (nSPS) is 17.6. The fourth-order valence-electron chi connectivity index (χ4n) is 3.02. The van der Waals surface area contributed by atoms with Crippen molar-refractivity contribution < 1.29 is 9.53 Å². The summed E-state index contributed by atoms with van der Waals surface area (Å²) in [6.07, 6.45) is 7.36. The largest absolute Gasteiger partial charge is 0.461 e. The van der Waals surface area contributed by atoms with E-state index in [2.05, 4.69) is 26.8 Å². The van der Waals surface area contributed by atoms with Gasteiger partial charge in [-0.05, 0) is 39.8 Å². The number of esters is 1. The number of rotatable bonds is 5. The molecule has 0 bridgehead atoms. The molecule has 1 atom stereocenters. The molecule has 0 aliphatic carbocycles. The van der Waals surface area contributed by atoms with Crippen molar-refractivity contribution in [2.75, 3.05) is 19.7 Å². The van der Waals surface area contributed by atoms with E-state index in [0.717, 1.165) is 36.6 Å². The third-order valence-electron chi connectivity index (χ3n) is 4.44. The number of ether oxygens (including phenoxy) is 1. The monoisotopic (exact) mass is 346 g/mol. The second-order valence-electron chi connectivity index (χ2n) is 5.91. The Balaban J connectivity index is 1.58. The number of hydrogen-bond donors (Lipinski definition) is 0. The Kier molecular flexibility index (Phi) is 5.52. The van der Waals surface area contributed by atoms with Crippen LogP contribution >= 0.6 is 11.3 Å². The molecule has 2 aromatic rings. The lowest BCUT2D eigenvalue weighted by atomic mass is 9.96. The minimum absolute atomic E-state index is 0.269. The highest BCUT2D eigenvalue weighted by Gasteiger charge is 2.27. The van der Waals surface area contributed by atoms with E-state index < -0.39 is 0 Å². The Hall–Kier alpha value is -1.86. The van der Waals surface area contributed by atoms with Crippen LogP contribution in [-0.2, 0) is 4.74 Å². The molecule has 3 heterocycles. The van der Waals surface area contributed by atoms with Gasteiger partial charge < -0.3 is 4.74 Å². The van der Waals surface area contributed by atoms with Crippen molar-refractivity contribution in [1.29, 1.82) is 0 Å². The number of piperidine rings is 1. The highest BCUT2D eigenvalue weighted by Crippen LogP contribution is 2.33. The molecule has 2 aromatic heterocycles. The van der Waals surface area contributed by atoms with E-state index in [0.29, 0.717) is 18.2 Å². The molecule has 7 heteroatoms. The quantitative estimate of drug-likeness (QED) is 0.775. The Bertz CT molecular complexity index is 668. The van der Waals surface area contributed by atoms with Crippen LogP contribution in [0.15, 0.2) is 24.0 Å². The van der Waals surface area contributed by atoms with E-state index >= 15 is 0 Å². The minimum Gasteiger partial charge on any atom is -0.461 e. The van der Waals surface area contributed by atoms with Gasteiger partial charge in [-0.15, -0.1) is 11.3 Å². The molecule has 1 aliphatic heterocycles. The number of carbonyl (C=O) groups is 1. The molecule has 3 rings (SSSR count). The number of nitrogens with zero attached hydrogens (tertiary/aromatic N) is 4. The highest BCUT2D eigenvalue weighted by atomic mass is 32.1. The predicted molar refractivity (Wildman–Crippen MR) is 92.1 cm³/mol. The Morgan fingerprint density at radius 1 is 1.42 bits per heavy atom. The van der Waals surface area contributed by atoms with Gasteiger partial charge in [0.05, 0.1) is 23.4 Å². The van der Waals surface area contributed by atoms with Gasteiger partial charge in [0, 0.05) is 29.9 Å². The molecule has 24 heavy (non-hydrogen) atoms. The van der Waals surface area contributed by atoms with Gasteiger partial charge in [-0.25, -0.2) is 9.78 Å². The first-order chi connectivity index (χ1) is 11.7. The minimum atomic E-state index is -0.325. The molecule has 128 valence electrons. The molecule has 0 amide bonds. The zero-order valence-electron chi connectivity index (χ0n) is 14.0. The second-order valence-corrected chi connectivity index (χ2v) is 6.80. The molecule has 0 N–H and O–H groups in total. The van der Waals surface area contributed by atoms with Crippen molar-refractivity contribution in [2.24, 2.45) is 0 Å². The van der Waals surface area contributed by atoms with Crippen LogP contribution in [0.2, 0.25) is 0 Å². The van der Waals surface area contributed by atoms with Gasteiger partial charge in [-0.2, -0.15) is 0 Å². The van der Waals surface area contributed by atoms with Crippen molar-refractivity contribution in [3.05, 3.63) is 40.4 Å². The lowest BCUT2D eigenvalue weighted by Crippen LogP contribution is -2.35. The van der Waals surface area contributed by atoms with Gasteiger partial charge in [0.2, 0.25) is 0 Å². The van der Waals surface area contributed by atoms with Gasteiger partial charge in [0.25, 0.3) is 0 Å². The average molecular weight is 346 g/mol. The SMILES string of the molecule is CCOC(=O)c1csc(C2CCN([C@@H](C)c3cnccn3)CC2)n1. The molecular formula is C17H22N4O2S. The molecule has 0 radical (unpaired) electrons. The van der Waals surface area contributed by atoms with E-state index in [1.54, 1.807) is 30.7 Å². The van der Waals surface area contributed by atoms with Crippen LogP contribution < -0.4 is 0 Å². The third kappa shape index (κ3) is 3.79. The van der Waals surface area contributed by atoms with Crippen LogP contribution in [0.4, 0.5) is 0 Å². The van der Waals surface area contributed by atoms with Crippen LogP contribution in [0, 0.1) is 0 Å². The van der Waals surface area contributed by atoms with Gasteiger partial charge in [-0.1, -0.05) is 0 Å². The molecule has 0 unspecified atom stereocenters. The van der Waals surface area contributed by atoms with Crippen molar-refractivity contribution in [3.8, 4) is 0 Å². The maximum Gasteiger partial charge on any atom is 0.357 e. The molecule has 1 saturated heterocycles. The number of thiazole rings is 1. The average Bonchev–Trinajstić information content (AvgIpc) is 3.12. The number of hydrogen-bond acceptors (Lipinski definition) is 7. The summed E-state index contributed by atoms with van der Waals surface area (Å²) in [6, 6.07) is 0.269. The van der Waals surface area contributed by atoms with E-state index in [1.165, 1.54) is 0 Å². The Morgan fingerprint density at radius 2 is 2.21 bits per heavy atom. The van der Waals surface area contributed by atoms with E-state index in [1.807, 2.05) is 11.6 Å². The van der Waals surface area contributed by atoms with Crippen LogP contribution in [0.5, 0.6) is 0 Å². The standard InChI is InChI=1S/C17H22N4O2S/c1-3-23-17(22)15-11-24-16(20-15)13-4-8-21(9-5-13)12(2)14-10-18-6-7-19-14/h6-7,10-13H,3-5,8-9H2,1-2H3/t12-/m0/s1. The fourth-order valence-corrected chi connectivity index (χ4v) is 3.98. The van der Waals surface area contributed by atoms with E-state index in [9.17, 15) is 4.79 Å². The first-order valence-corrected chi connectivity index (χ1v) is 9.19. The maximum atomic E-state index is 11.7. The van der Waals surface area contributed by atoms with Gasteiger partial charge in [0.15, 0.2) is 5.69 Å². The lowest BCUT2D eigenvalue weighted by Gasteiger charge is -2.35. The molecule has 0 saturated carbocycles. The smallest absolute Gasteiger partial charge is 0.357 e. The maximum absolute atomic E-state index is 11.7. The lowest BCUT2D eigenvalue weighted by molar-refractivity contribution is 0.0520. The summed E-state index contributed by atoms with van der Waals surface area (Å²) in [7, 11) is 0. The summed E-state index contributed by atoms with van der Waals surface area (Å²) in [5.74, 6) is 0.0946. The van der Waals surface area contributed by atoms with Crippen molar-refractivity contribution in [1.82, 2.24) is 19.9 Å². The summed E-state index contributed by atoms with van der Waals surface area (Å²) < 4.78 is 5.01. The summed E-state index contributed by atoms with van der Waals surface area (Å²) in [5.41, 5.74) is 1.45. The fraction of sp³-hybridized carbons (Fsp3) is 0.529. The number of likely N-dealkylation sites (tertiary alicyclic amines) is 1. The van der Waals surface area contributed by atoms with Crippen molar-refractivity contribution >= 4 is 17.3 Å². The second kappa shape index (κ2) is 7.81. The van der Waals surface area contributed by atoms with Crippen LogP contribution in [0.3, 0.4) is 0 Å². The molecule has 1 fully saturated rings. The first kappa shape index (κ1) is 17.0. The predicted octanol–water partition coefficient (Wildman–Crippen LogP) is 3.05. The third-order valence-corrected chi connectivity index (χ3v) is 5.45. The molecule has 1 aliphatic rings. The summed E-state index contributed by atoms with van der Waals surface area (Å²) in [6.45, 7) is 6.35. The zero-order chi connectivity index (χ0) is 16.9. The van der Waals surface area contributed by atoms with Gasteiger partial charge in [0.1, 0.15) is 0 Å². The number of carbonyl (C=O) groups excluding carboxylic acids is 1. The van der Waals surface area contributed by atoms with Crippen molar-refractivity contribution in [3.63, 3.8) is 0 Å². The molecule has 0 spiro atoms. The molecule has 0 aromatic carbocycles. The number of aromatic nitrogens is 3. The molecular weight excluding hydrogens is 324 g/mol. The van der Waals surface area contributed by atoms with E-state index in [4.69, 9.17) is 4.74 Å². The highest BCUT2D eigenvalue weighted by molar-refractivity contribution is 7.09. The van der Waals surface area contributed by atoms with Crippen LogP contribution in [0.1, 0.15) is 59.8 Å². The summed E-state index contributed by atoms with van der Waals surface area (Å²) in [4.78, 5) is 27.2. The summed E-state index contributed by atoms with van der Waals surface area (Å²) >= 11 is 1.56. The van der Waals surface area contributed by atoms with Crippen molar-refractivity contribution in [2.45, 2.75) is 38.6 Å². The van der Waals surface area contributed by atoms with Crippen LogP contribution in [-0.4, -0.2) is 45.5 Å². The Morgan fingerprint density at radius 3 is 2.88 bits per heavy atom. The molecule has 6 nitrogen and oxygen atoms in total.